The Balaban J connectivity index is 1.46. The highest BCUT2D eigenvalue weighted by atomic mass is 16.7. The Labute approximate surface area is 113 Å². The highest BCUT2D eigenvalue weighted by molar-refractivity contribution is 5.44. The van der Waals surface area contributed by atoms with Gasteiger partial charge in [0.1, 0.15) is 0 Å². The molecule has 0 amide bonds. The van der Waals surface area contributed by atoms with E-state index in [1.807, 2.05) is 6.07 Å². The van der Waals surface area contributed by atoms with Gasteiger partial charge in [-0.15, -0.1) is 0 Å². The van der Waals surface area contributed by atoms with Gasteiger partial charge >= 0.3 is 0 Å². The van der Waals surface area contributed by atoms with Crippen LogP contribution in [0.5, 0.6) is 11.5 Å². The van der Waals surface area contributed by atoms with Gasteiger partial charge in [0.15, 0.2) is 11.5 Å². The molecule has 1 spiro atoms. The minimum absolute atomic E-state index is 0.358. The lowest BCUT2D eigenvalue weighted by atomic mass is 9.75. The highest BCUT2D eigenvalue weighted by Crippen LogP contribution is 2.36. The molecule has 3 aliphatic heterocycles. The molecule has 0 aromatic heterocycles. The van der Waals surface area contributed by atoms with Crippen molar-refractivity contribution in [3.05, 3.63) is 23.8 Å². The molecule has 4 heteroatoms. The Morgan fingerprint density at radius 1 is 1.21 bits per heavy atom. The number of benzene rings is 1. The number of hydrogen-bond acceptors (Lipinski definition) is 4. The molecule has 0 bridgehead atoms. The fourth-order valence-corrected chi connectivity index (χ4v) is 3.51. The quantitative estimate of drug-likeness (QED) is 0.876. The van der Waals surface area contributed by atoms with Crippen molar-refractivity contribution < 1.29 is 9.47 Å². The molecule has 4 nitrogen and oxygen atoms in total. The van der Waals surface area contributed by atoms with Crippen LogP contribution in [0.3, 0.4) is 0 Å². The topological polar surface area (TPSA) is 33.7 Å². The number of rotatable bonds is 2. The van der Waals surface area contributed by atoms with Crippen molar-refractivity contribution in [1.82, 2.24) is 10.2 Å². The Morgan fingerprint density at radius 3 is 2.95 bits per heavy atom. The molecule has 1 N–H and O–H groups in total. The van der Waals surface area contributed by atoms with Crippen molar-refractivity contribution in [2.75, 3.05) is 33.0 Å². The summed E-state index contributed by atoms with van der Waals surface area (Å²) >= 11 is 0. The molecule has 3 aliphatic rings. The first-order valence-corrected chi connectivity index (χ1v) is 7.15. The second kappa shape index (κ2) is 4.39. The third kappa shape index (κ3) is 2.09. The summed E-state index contributed by atoms with van der Waals surface area (Å²) in [6, 6.07) is 6.32. The molecule has 0 atom stereocenters. The minimum atomic E-state index is 0.358. The number of ether oxygens (including phenoxy) is 2. The molecule has 0 aliphatic carbocycles. The zero-order chi connectivity index (χ0) is 12.7. The van der Waals surface area contributed by atoms with Crippen LogP contribution in [0.1, 0.15) is 18.4 Å². The van der Waals surface area contributed by atoms with Gasteiger partial charge in [0, 0.05) is 31.6 Å². The molecule has 1 aromatic rings. The maximum absolute atomic E-state index is 5.45. The van der Waals surface area contributed by atoms with E-state index < -0.39 is 0 Å². The van der Waals surface area contributed by atoms with E-state index in [0.29, 0.717) is 12.2 Å². The van der Waals surface area contributed by atoms with Crippen molar-refractivity contribution in [3.8, 4) is 11.5 Å². The third-order valence-corrected chi connectivity index (χ3v) is 4.58. The molecule has 3 heterocycles. The van der Waals surface area contributed by atoms with Crippen LogP contribution in [0.4, 0.5) is 0 Å². The van der Waals surface area contributed by atoms with Gasteiger partial charge in [-0.2, -0.15) is 0 Å². The van der Waals surface area contributed by atoms with Gasteiger partial charge in [0.25, 0.3) is 0 Å². The van der Waals surface area contributed by atoms with E-state index in [1.165, 1.54) is 44.6 Å². The molecule has 2 fully saturated rings. The summed E-state index contributed by atoms with van der Waals surface area (Å²) < 4.78 is 10.8. The standard InChI is InChI=1S/C15H20N2O2/c1-4-15(8-16-9-15)10-17(5-1)7-12-2-3-13-14(6-12)19-11-18-13/h2-3,6,16H,1,4-5,7-11H2. The lowest BCUT2D eigenvalue weighted by molar-refractivity contribution is 0.0375. The SMILES string of the molecule is c1cc2c(cc1CN1CCCC3(CNC3)C1)OCO2. The number of likely N-dealkylation sites (tertiary alicyclic amines) is 1. The third-order valence-electron chi connectivity index (χ3n) is 4.58. The smallest absolute Gasteiger partial charge is 0.231 e. The van der Waals surface area contributed by atoms with Crippen molar-refractivity contribution in [3.63, 3.8) is 0 Å². The summed E-state index contributed by atoms with van der Waals surface area (Å²) in [7, 11) is 0. The van der Waals surface area contributed by atoms with Crippen LogP contribution < -0.4 is 14.8 Å². The largest absolute Gasteiger partial charge is 0.454 e. The van der Waals surface area contributed by atoms with Crippen LogP contribution in [0.2, 0.25) is 0 Å². The van der Waals surface area contributed by atoms with Gasteiger partial charge in [-0.3, -0.25) is 4.90 Å². The van der Waals surface area contributed by atoms with Crippen LogP contribution in [-0.2, 0) is 6.54 Å². The predicted molar refractivity (Wildman–Crippen MR) is 72.4 cm³/mol. The molecule has 4 rings (SSSR count). The monoisotopic (exact) mass is 260 g/mol. The van der Waals surface area contributed by atoms with Crippen molar-refractivity contribution in [2.24, 2.45) is 5.41 Å². The molecule has 0 saturated carbocycles. The van der Waals surface area contributed by atoms with E-state index in [1.54, 1.807) is 0 Å². The minimum Gasteiger partial charge on any atom is -0.454 e. The van der Waals surface area contributed by atoms with Gasteiger partial charge in [0.05, 0.1) is 0 Å². The van der Waals surface area contributed by atoms with E-state index in [0.717, 1.165) is 18.0 Å². The summed E-state index contributed by atoms with van der Waals surface area (Å²) in [5.41, 5.74) is 1.89. The summed E-state index contributed by atoms with van der Waals surface area (Å²) in [6.45, 7) is 6.23. The Morgan fingerprint density at radius 2 is 2.11 bits per heavy atom. The van der Waals surface area contributed by atoms with Crippen LogP contribution in [0, 0.1) is 5.41 Å². The van der Waals surface area contributed by atoms with Crippen LogP contribution in [-0.4, -0.2) is 37.9 Å². The zero-order valence-corrected chi connectivity index (χ0v) is 11.2. The van der Waals surface area contributed by atoms with Crippen LogP contribution in [0.15, 0.2) is 18.2 Å². The van der Waals surface area contributed by atoms with Gasteiger partial charge in [-0.1, -0.05) is 6.07 Å². The van der Waals surface area contributed by atoms with E-state index in [2.05, 4.69) is 22.3 Å². The molecule has 0 radical (unpaired) electrons. The summed E-state index contributed by atoms with van der Waals surface area (Å²) in [6.07, 6.45) is 2.71. The Hall–Kier alpha value is -1.26. The van der Waals surface area contributed by atoms with Gasteiger partial charge in [-0.25, -0.2) is 0 Å². The zero-order valence-electron chi connectivity index (χ0n) is 11.2. The maximum atomic E-state index is 5.45. The number of fused-ring (bicyclic) bond motifs is 1. The number of nitrogens with zero attached hydrogens (tertiary/aromatic N) is 1. The lowest BCUT2D eigenvalue weighted by Crippen LogP contribution is -2.60. The second-order valence-electron chi connectivity index (χ2n) is 6.11. The normalized spacial score (nSPS) is 24.4. The first kappa shape index (κ1) is 11.6. The van der Waals surface area contributed by atoms with Gasteiger partial charge in [-0.05, 0) is 37.1 Å². The fourth-order valence-electron chi connectivity index (χ4n) is 3.51. The first-order valence-electron chi connectivity index (χ1n) is 7.15. The Kier molecular flexibility index (Phi) is 2.67. The predicted octanol–water partition coefficient (Wildman–Crippen LogP) is 1.60. The lowest BCUT2D eigenvalue weighted by Gasteiger charge is -2.49. The molecule has 19 heavy (non-hydrogen) atoms. The van der Waals surface area contributed by atoms with E-state index in [-0.39, 0.29) is 0 Å². The van der Waals surface area contributed by atoms with Crippen molar-refractivity contribution >= 4 is 0 Å². The van der Waals surface area contributed by atoms with Crippen molar-refractivity contribution in [1.29, 1.82) is 0 Å². The maximum Gasteiger partial charge on any atom is 0.231 e. The Bertz CT molecular complexity index is 485. The molecule has 0 unspecified atom stereocenters. The molecular weight excluding hydrogens is 240 g/mol. The first-order chi connectivity index (χ1) is 9.33. The molecule has 1 aromatic carbocycles. The molecule has 2 saturated heterocycles. The van der Waals surface area contributed by atoms with E-state index in [9.17, 15) is 0 Å². The van der Waals surface area contributed by atoms with Crippen LogP contribution in [0.25, 0.3) is 0 Å². The summed E-state index contributed by atoms with van der Waals surface area (Å²) in [5, 5.41) is 3.43. The average Bonchev–Trinajstić information content (AvgIpc) is 2.85. The molecule has 102 valence electrons. The number of piperidine rings is 1. The van der Waals surface area contributed by atoms with Crippen molar-refractivity contribution in [2.45, 2.75) is 19.4 Å². The van der Waals surface area contributed by atoms with E-state index in [4.69, 9.17) is 9.47 Å². The summed E-state index contributed by atoms with van der Waals surface area (Å²) in [5.74, 6) is 1.77. The number of hydrogen-bond donors (Lipinski definition) is 1. The summed E-state index contributed by atoms with van der Waals surface area (Å²) in [4.78, 5) is 2.59. The molecular formula is C15H20N2O2. The second-order valence-corrected chi connectivity index (χ2v) is 6.11. The fraction of sp³-hybridized carbons (Fsp3) is 0.600. The average molecular weight is 260 g/mol. The van der Waals surface area contributed by atoms with E-state index >= 15 is 0 Å². The van der Waals surface area contributed by atoms with Crippen LogP contribution >= 0.6 is 0 Å². The van der Waals surface area contributed by atoms with Gasteiger partial charge in [0.2, 0.25) is 6.79 Å². The number of nitrogens with one attached hydrogen (secondary N) is 1. The van der Waals surface area contributed by atoms with Gasteiger partial charge < -0.3 is 14.8 Å². The highest BCUT2D eigenvalue weighted by Gasteiger charge is 2.40.